The Labute approximate surface area is 123 Å². The van der Waals surface area contributed by atoms with E-state index in [2.05, 4.69) is 0 Å². The lowest BCUT2D eigenvalue weighted by Gasteiger charge is -2.17. The standard InChI is InChI=1S/C18H16O3/c1-12-11-14-9-5-6-10-15(14)21-18(20)16(12)17(19)13-7-3-2-4-8-13/h2-10,12,16H,11H2,1H3/t12-,16-/m1/s1. The molecule has 0 radical (unpaired) electrons. The number of fused-ring (bicyclic) bond motifs is 1. The zero-order valence-electron chi connectivity index (χ0n) is 11.8. The summed E-state index contributed by atoms with van der Waals surface area (Å²) >= 11 is 0. The molecular formula is C18H16O3. The van der Waals surface area contributed by atoms with Gasteiger partial charge in [0.1, 0.15) is 11.7 Å². The minimum Gasteiger partial charge on any atom is -0.426 e. The zero-order chi connectivity index (χ0) is 14.8. The lowest BCUT2D eigenvalue weighted by atomic mass is 9.84. The van der Waals surface area contributed by atoms with Crippen molar-refractivity contribution in [3.05, 3.63) is 65.7 Å². The number of hydrogen-bond acceptors (Lipinski definition) is 3. The van der Waals surface area contributed by atoms with Crippen LogP contribution in [0.2, 0.25) is 0 Å². The average Bonchev–Trinajstić information content (AvgIpc) is 2.62. The molecule has 106 valence electrons. The van der Waals surface area contributed by atoms with E-state index in [1.54, 1.807) is 30.3 Å². The highest BCUT2D eigenvalue weighted by Gasteiger charge is 2.37. The molecule has 0 amide bonds. The second kappa shape index (κ2) is 5.52. The molecule has 0 unspecified atom stereocenters. The van der Waals surface area contributed by atoms with Crippen molar-refractivity contribution in [1.82, 2.24) is 0 Å². The van der Waals surface area contributed by atoms with E-state index in [0.29, 0.717) is 17.7 Å². The maximum Gasteiger partial charge on any atom is 0.322 e. The van der Waals surface area contributed by atoms with E-state index in [9.17, 15) is 9.59 Å². The fourth-order valence-electron chi connectivity index (χ4n) is 2.79. The first-order chi connectivity index (χ1) is 10.2. The van der Waals surface area contributed by atoms with Crippen molar-refractivity contribution >= 4 is 11.8 Å². The number of Topliss-reactive ketones (excluding diaryl/α,β-unsaturated/α-hetero) is 1. The molecule has 1 heterocycles. The Morgan fingerprint density at radius 2 is 1.71 bits per heavy atom. The van der Waals surface area contributed by atoms with E-state index in [0.717, 1.165) is 5.56 Å². The third-order valence-corrected chi connectivity index (χ3v) is 3.89. The van der Waals surface area contributed by atoms with Gasteiger partial charge in [0, 0.05) is 5.56 Å². The molecule has 0 saturated heterocycles. The second-order valence-electron chi connectivity index (χ2n) is 5.42. The van der Waals surface area contributed by atoms with Crippen molar-refractivity contribution in [3.8, 4) is 5.75 Å². The van der Waals surface area contributed by atoms with Gasteiger partial charge in [0.15, 0.2) is 5.78 Å². The van der Waals surface area contributed by atoms with Gasteiger partial charge in [-0.3, -0.25) is 9.59 Å². The second-order valence-corrected chi connectivity index (χ2v) is 5.42. The van der Waals surface area contributed by atoms with Crippen molar-refractivity contribution < 1.29 is 14.3 Å². The maximum atomic E-state index is 12.6. The molecule has 3 nitrogen and oxygen atoms in total. The van der Waals surface area contributed by atoms with Gasteiger partial charge >= 0.3 is 5.97 Å². The molecule has 2 atom stereocenters. The third kappa shape index (κ3) is 2.59. The number of ether oxygens (including phenoxy) is 1. The Morgan fingerprint density at radius 1 is 1.05 bits per heavy atom. The lowest BCUT2D eigenvalue weighted by molar-refractivity contribution is -0.138. The van der Waals surface area contributed by atoms with Crippen LogP contribution >= 0.6 is 0 Å². The normalized spacial score (nSPS) is 21.1. The molecule has 0 saturated carbocycles. The highest BCUT2D eigenvalue weighted by Crippen LogP contribution is 2.31. The van der Waals surface area contributed by atoms with Crippen LogP contribution in [-0.2, 0) is 11.2 Å². The van der Waals surface area contributed by atoms with Gasteiger partial charge in [-0.2, -0.15) is 0 Å². The third-order valence-electron chi connectivity index (χ3n) is 3.89. The first-order valence-electron chi connectivity index (χ1n) is 7.05. The number of benzene rings is 2. The van der Waals surface area contributed by atoms with Gasteiger partial charge in [-0.25, -0.2) is 0 Å². The van der Waals surface area contributed by atoms with Crippen LogP contribution in [0.25, 0.3) is 0 Å². The molecule has 21 heavy (non-hydrogen) atoms. The average molecular weight is 280 g/mol. The number of esters is 1. The summed E-state index contributed by atoms with van der Waals surface area (Å²) in [6, 6.07) is 16.4. The van der Waals surface area contributed by atoms with Crippen molar-refractivity contribution in [1.29, 1.82) is 0 Å². The van der Waals surface area contributed by atoms with Crippen molar-refractivity contribution in [3.63, 3.8) is 0 Å². The van der Waals surface area contributed by atoms with Crippen LogP contribution < -0.4 is 4.74 Å². The van der Waals surface area contributed by atoms with Gasteiger partial charge < -0.3 is 4.74 Å². The largest absolute Gasteiger partial charge is 0.426 e. The van der Waals surface area contributed by atoms with Crippen molar-refractivity contribution in [2.24, 2.45) is 11.8 Å². The Balaban J connectivity index is 1.94. The van der Waals surface area contributed by atoms with Gasteiger partial charge in [-0.05, 0) is 24.0 Å². The summed E-state index contributed by atoms with van der Waals surface area (Å²) in [5, 5.41) is 0. The zero-order valence-corrected chi connectivity index (χ0v) is 11.8. The molecule has 3 heteroatoms. The molecule has 0 N–H and O–H groups in total. The van der Waals surface area contributed by atoms with Gasteiger partial charge in [-0.1, -0.05) is 55.5 Å². The van der Waals surface area contributed by atoms with Crippen LogP contribution in [-0.4, -0.2) is 11.8 Å². The molecular weight excluding hydrogens is 264 g/mol. The molecule has 1 aliphatic heterocycles. The van der Waals surface area contributed by atoms with Crippen LogP contribution in [0.1, 0.15) is 22.8 Å². The van der Waals surface area contributed by atoms with Gasteiger partial charge in [-0.15, -0.1) is 0 Å². The summed E-state index contributed by atoms with van der Waals surface area (Å²) in [4.78, 5) is 25.0. The number of para-hydroxylation sites is 1. The predicted molar refractivity (Wildman–Crippen MR) is 79.2 cm³/mol. The molecule has 1 aliphatic rings. The van der Waals surface area contributed by atoms with Crippen LogP contribution in [0.3, 0.4) is 0 Å². The first kappa shape index (κ1) is 13.6. The van der Waals surface area contributed by atoms with Crippen molar-refractivity contribution in [2.45, 2.75) is 13.3 Å². The topological polar surface area (TPSA) is 43.4 Å². The van der Waals surface area contributed by atoms with Crippen molar-refractivity contribution in [2.75, 3.05) is 0 Å². The number of hydrogen-bond donors (Lipinski definition) is 0. The van der Waals surface area contributed by atoms with E-state index < -0.39 is 11.9 Å². The molecule has 0 bridgehead atoms. The Kier molecular flexibility index (Phi) is 3.57. The molecule has 3 rings (SSSR count). The summed E-state index contributed by atoms with van der Waals surface area (Å²) in [6.45, 7) is 1.93. The molecule has 0 fully saturated rings. The highest BCUT2D eigenvalue weighted by molar-refractivity contribution is 6.09. The van der Waals surface area contributed by atoms with Gasteiger partial charge in [0.25, 0.3) is 0 Å². The number of carbonyl (C=O) groups is 2. The quantitative estimate of drug-likeness (QED) is 0.367. The molecule has 2 aromatic rings. The van der Waals surface area contributed by atoms with E-state index in [1.165, 1.54) is 0 Å². The molecule has 0 aliphatic carbocycles. The Morgan fingerprint density at radius 3 is 2.48 bits per heavy atom. The summed E-state index contributed by atoms with van der Waals surface area (Å²) in [6.07, 6.45) is 0.658. The van der Waals surface area contributed by atoms with E-state index in [1.807, 2.05) is 31.2 Å². The Hall–Kier alpha value is -2.42. The predicted octanol–water partition coefficient (Wildman–Crippen LogP) is 3.28. The minimum absolute atomic E-state index is 0.0890. The van der Waals surface area contributed by atoms with Crippen LogP contribution in [0.5, 0.6) is 5.75 Å². The first-order valence-corrected chi connectivity index (χ1v) is 7.05. The van der Waals surface area contributed by atoms with E-state index >= 15 is 0 Å². The highest BCUT2D eigenvalue weighted by atomic mass is 16.5. The number of ketones is 1. The van der Waals surface area contributed by atoms with Crippen LogP contribution in [0, 0.1) is 11.8 Å². The molecule has 0 spiro atoms. The lowest BCUT2D eigenvalue weighted by Crippen LogP contribution is -2.32. The SMILES string of the molecule is C[C@@H]1Cc2ccccc2OC(=O)[C@H]1C(=O)c1ccccc1. The van der Waals surface area contributed by atoms with E-state index in [4.69, 9.17) is 4.74 Å². The van der Waals surface area contributed by atoms with Gasteiger partial charge in [0.2, 0.25) is 0 Å². The molecule has 2 aromatic carbocycles. The van der Waals surface area contributed by atoms with E-state index in [-0.39, 0.29) is 11.7 Å². The monoisotopic (exact) mass is 280 g/mol. The number of rotatable bonds is 2. The summed E-state index contributed by atoms with van der Waals surface area (Å²) in [7, 11) is 0. The fourth-order valence-corrected chi connectivity index (χ4v) is 2.79. The summed E-state index contributed by atoms with van der Waals surface area (Å²) < 4.78 is 5.42. The van der Waals surface area contributed by atoms with Crippen LogP contribution in [0.15, 0.2) is 54.6 Å². The molecule has 0 aromatic heterocycles. The van der Waals surface area contributed by atoms with Gasteiger partial charge in [0.05, 0.1) is 0 Å². The summed E-state index contributed by atoms with van der Waals surface area (Å²) in [5.41, 5.74) is 1.53. The maximum absolute atomic E-state index is 12.6. The smallest absolute Gasteiger partial charge is 0.322 e. The minimum atomic E-state index is -0.750. The number of carbonyl (C=O) groups excluding carboxylic acids is 2. The fraction of sp³-hybridized carbons (Fsp3) is 0.222. The Bertz CT molecular complexity index is 676. The van der Waals surface area contributed by atoms with Crippen LogP contribution in [0.4, 0.5) is 0 Å². The summed E-state index contributed by atoms with van der Waals surface area (Å²) in [5.74, 6) is -0.895.